The highest BCUT2D eigenvalue weighted by Crippen LogP contribution is 2.21. The third-order valence-corrected chi connectivity index (χ3v) is 4.65. The summed E-state index contributed by atoms with van der Waals surface area (Å²) in [5.74, 6) is -1.05. The predicted octanol–water partition coefficient (Wildman–Crippen LogP) is 2.48. The van der Waals surface area contributed by atoms with Gasteiger partial charge in [0.15, 0.2) is 6.61 Å². The van der Waals surface area contributed by atoms with Gasteiger partial charge < -0.3 is 21.1 Å². The summed E-state index contributed by atoms with van der Waals surface area (Å²) in [6.45, 7) is -0.317. The van der Waals surface area contributed by atoms with E-state index in [0.29, 0.717) is 11.3 Å². The van der Waals surface area contributed by atoms with Crippen molar-refractivity contribution in [2.24, 2.45) is 5.73 Å². The van der Waals surface area contributed by atoms with Gasteiger partial charge in [0.2, 0.25) is 0 Å². The molecule has 0 bridgehead atoms. The predicted molar refractivity (Wildman–Crippen MR) is 105 cm³/mol. The summed E-state index contributed by atoms with van der Waals surface area (Å²) in [7, 11) is 0. The zero-order valence-corrected chi connectivity index (χ0v) is 15.4. The molecule has 0 radical (unpaired) electrons. The van der Waals surface area contributed by atoms with Crippen molar-refractivity contribution < 1.29 is 19.1 Å². The molecule has 7 heteroatoms. The largest absolute Gasteiger partial charge is 0.483 e. The molecule has 3 rings (SSSR count). The van der Waals surface area contributed by atoms with Crippen LogP contribution in [0.2, 0.25) is 0 Å². The first-order valence-corrected chi connectivity index (χ1v) is 9.26. The van der Waals surface area contributed by atoms with Crippen LogP contribution in [0.15, 0.2) is 48.5 Å². The van der Waals surface area contributed by atoms with E-state index in [4.69, 9.17) is 10.5 Å². The van der Waals surface area contributed by atoms with Crippen molar-refractivity contribution in [2.45, 2.75) is 31.7 Å². The van der Waals surface area contributed by atoms with Crippen molar-refractivity contribution in [3.8, 4) is 5.75 Å². The molecule has 4 N–H and O–H groups in total. The number of amides is 3. The van der Waals surface area contributed by atoms with E-state index in [0.717, 1.165) is 25.7 Å². The highest BCUT2D eigenvalue weighted by Gasteiger charge is 2.20. The molecule has 2 aromatic rings. The minimum Gasteiger partial charge on any atom is -0.483 e. The van der Waals surface area contributed by atoms with Crippen LogP contribution in [0, 0.1) is 0 Å². The van der Waals surface area contributed by atoms with Crippen LogP contribution in [0.3, 0.4) is 0 Å². The second kappa shape index (κ2) is 9.03. The van der Waals surface area contributed by atoms with E-state index in [1.165, 1.54) is 6.07 Å². The molecule has 146 valence electrons. The number of rotatable bonds is 7. The molecule has 0 spiro atoms. The van der Waals surface area contributed by atoms with Crippen molar-refractivity contribution in [2.75, 3.05) is 11.9 Å². The second-order valence-electron chi connectivity index (χ2n) is 6.70. The molecule has 1 aliphatic rings. The first-order chi connectivity index (χ1) is 13.5. The molecule has 2 aromatic carbocycles. The molecule has 1 aliphatic carbocycles. The second-order valence-corrected chi connectivity index (χ2v) is 6.70. The number of anilines is 1. The number of hydrogen-bond acceptors (Lipinski definition) is 4. The Kier molecular flexibility index (Phi) is 6.26. The van der Waals surface area contributed by atoms with Gasteiger partial charge in [0.1, 0.15) is 5.75 Å². The summed E-state index contributed by atoms with van der Waals surface area (Å²) in [6, 6.07) is 13.4. The number of ether oxygens (including phenoxy) is 1. The average Bonchev–Trinajstić information content (AvgIpc) is 3.20. The van der Waals surface area contributed by atoms with Crippen molar-refractivity contribution in [1.82, 2.24) is 5.32 Å². The lowest BCUT2D eigenvalue weighted by atomic mass is 10.1. The Morgan fingerprint density at radius 2 is 1.61 bits per heavy atom. The lowest BCUT2D eigenvalue weighted by Gasteiger charge is -2.15. The molecule has 0 aliphatic heterocycles. The minimum absolute atomic E-state index is 0.185. The van der Waals surface area contributed by atoms with E-state index in [9.17, 15) is 14.4 Å². The molecule has 3 amide bonds. The summed E-state index contributed by atoms with van der Waals surface area (Å²) in [4.78, 5) is 36.3. The van der Waals surface area contributed by atoms with Crippen LogP contribution < -0.4 is 21.1 Å². The monoisotopic (exact) mass is 381 g/mol. The van der Waals surface area contributed by atoms with Crippen LogP contribution in [0.5, 0.6) is 5.75 Å². The van der Waals surface area contributed by atoms with E-state index < -0.39 is 11.8 Å². The number of hydrogen-bond donors (Lipinski definition) is 3. The first-order valence-electron chi connectivity index (χ1n) is 9.26. The van der Waals surface area contributed by atoms with Crippen molar-refractivity contribution in [3.63, 3.8) is 0 Å². The quantitative estimate of drug-likeness (QED) is 0.684. The van der Waals surface area contributed by atoms with Gasteiger partial charge in [0.25, 0.3) is 17.7 Å². The van der Waals surface area contributed by atoms with E-state index in [1.54, 1.807) is 42.5 Å². The topological polar surface area (TPSA) is 111 Å². The standard InChI is InChI=1S/C21H23N3O4/c22-20(26)16-10-4-6-12-18(16)28-13-19(25)24-17-11-5-3-9-15(17)21(27)23-14-7-1-2-8-14/h3-6,9-12,14H,1-2,7-8,13H2,(H2,22,26)(H,23,27)(H,24,25). The maximum atomic E-state index is 12.6. The molecule has 0 atom stereocenters. The molecule has 7 nitrogen and oxygen atoms in total. The molecule has 1 saturated carbocycles. The maximum Gasteiger partial charge on any atom is 0.262 e. The van der Waals surface area contributed by atoms with Gasteiger partial charge in [-0.3, -0.25) is 14.4 Å². The molecular weight excluding hydrogens is 358 g/mol. The fraction of sp³-hybridized carbons (Fsp3) is 0.286. The Hall–Kier alpha value is -3.35. The van der Waals surface area contributed by atoms with Gasteiger partial charge in [0, 0.05) is 6.04 Å². The molecule has 0 aromatic heterocycles. The summed E-state index contributed by atoms with van der Waals surface area (Å²) < 4.78 is 5.43. The van der Waals surface area contributed by atoms with Crippen molar-refractivity contribution >= 4 is 23.4 Å². The van der Waals surface area contributed by atoms with E-state index in [2.05, 4.69) is 10.6 Å². The van der Waals surface area contributed by atoms with E-state index >= 15 is 0 Å². The summed E-state index contributed by atoms with van der Waals surface area (Å²) in [5.41, 5.74) is 6.32. The number of benzene rings is 2. The summed E-state index contributed by atoms with van der Waals surface area (Å²) in [6.07, 6.45) is 4.20. The number of nitrogens with two attached hydrogens (primary N) is 1. The fourth-order valence-corrected chi connectivity index (χ4v) is 3.25. The highest BCUT2D eigenvalue weighted by atomic mass is 16.5. The van der Waals surface area contributed by atoms with Gasteiger partial charge in [-0.15, -0.1) is 0 Å². The third kappa shape index (κ3) is 4.88. The summed E-state index contributed by atoms with van der Waals surface area (Å²) in [5, 5.41) is 5.71. The van der Waals surface area contributed by atoms with Crippen LogP contribution in [0.25, 0.3) is 0 Å². The smallest absolute Gasteiger partial charge is 0.262 e. The average molecular weight is 381 g/mol. The van der Waals surface area contributed by atoms with Gasteiger partial charge in [-0.1, -0.05) is 37.1 Å². The lowest BCUT2D eigenvalue weighted by Crippen LogP contribution is -2.33. The van der Waals surface area contributed by atoms with E-state index in [1.807, 2.05) is 0 Å². The minimum atomic E-state index is -0.634. The molecule has 0 unspecified atom stereocenters. The molecule has 0 saturated heterocycles. The Morgan fingerprint density at radius 3 is 2.32 bits per heavy atom. The zero-order chi connectivity index (χ0) is 19.9. The summed E-state index contributed by atoms with van der Waals surface area (Å²) >= 11 is 0. The Labute approximate surface area is 163 Å². The Bertz CT molecular complexity index is 875. The highest BCUT2D eigenvalue weighted by molar-refractivity contribution is 6.04. The Morgan fingerprint density at radius 1 is 0.964 bits per heavy atom. The van der Waals surface area contributed by atoms with Crippen LogP contribution in [0.4, 0.5) is 5.69 Å². The maximum absolute atomic E-state index is 12.6. The van der Waals surface area contributed by atoms with Crippen LogP contribution in [0.1, 0.15) is 46.4 Å². The Balaban J connectivity index is 1.63. The van der Waals surface area contributed by atoms with E-state index in [-0.39, 0.29) is 29.9 Å². The normalized spacial score (nSPS) is 13.7. The van der Waals surface area contributed by atoms with Gasteiger partial charge in [-0.2, -0.15) is 0 Å². The molecule has 0 heterocycles. The third-order valence-electron chi connectivity index (χ3n) is 4.65. The first kappa shape index (κ1) is 19.4. The molecular formula is C21H23N3O4. The van der Waals surface area contributed by atoms with Gasteiger partial charge in [-0.05, 0) is 37.1 Å². The van der Waals surface area contributed by atoms with Crippen LogP contribution >= 0.6 is 0 Å². The zero-order valence-electron chi connectivity index (χ0n) is 15.4. The van der Waals surface area contributed by atoms with Gasteiger partial charge >= 0.3 is 0 Å². The number of carbonyl (C=O) groups excluding carboxylic acids is 3. The lowest BCUT2D eigenvalue weighted by molar-refractivity contribution is -0.118. The number of para-hydroxylation sites is 2. The number of carbonyl (C=O) groups is 3. The number of nitrogens with one attached hydrogen (secondary N) is 2. The van der Waals surface area contributed by atoms with Gasteiger partial charge in [-0.25, -0.2) is 0 Å². The SMILES string of the molecule is NC(=O)c1ccccc1OCC(=O)Nc1ccccc1C(=O)NC1CCCC1. The van der Waals surface area contributed by atoms with Crippen molar-refractivity contribution in [1.29, 1.82) is 0 Å². The van der Waals surface area contributed by atoms with Gasteiger partial charge in [0.05, 0.1) is 16.8 Å². The molecule has 1 fully saturated rings. The fourth-order valence-electron chi connectivity index (χ4n) is 3.25. The van der Waals surface area contributed by atoms with Crippen molar-refractivity contribution in [3.05, 3.63) is 59.7 Å². The van der Waals surface area contributed by atoms with Crippen LogP contribution in [-0.2, 0) is 4.79 Å². The van der Waals surface area contributed by atoms with Crippen LogP contribution in [-0.4, -0.2) is 30.4 Å². The molecule has 28 heavy (non-hydrogen) atoms. The number of primary amides is 1.